The zero-order valence-electron chi connectivity index (χ0n) is 18.4. The maximum absolute atomic E-state index is 12.8. The molecule has 34 heavy (non-hydrogen) atoms. The Bertz CT molecular complexity index is 1070. The highest BCUT2D eigenvalue weighted by Crippen LogP contribution is 2.25. The Labute approximate surface area is 214 Å². The number of hydrogen-bond acceptors (Lipinski definition) is 4. The van der Waals surface area contributed by atoms with Gasteiger partial charge in [-0.25, -0.2) is 14.4 Å². The molecule has 1 atom stereocenters. The zero-order chi connectivity index (χ0) is 24.2. The van der Waals surface area contributed by atoms with Gasteiger partial charge in [-0.3, -0.25) is 0 Å². The van der Waals surface area contributed by atoms with E-state index in [-0.39, 0.29) is 18.5 Å². The fourth-order valence-electron chi connectivity index (χ4n) is 4.42. The van der Waals surface area contributed by atoms with Crippen LogP contribution in [-0.2, 0) is 22.4 Å². The molecule has 3 amide bonds. The topological polar surface area (TPSA) is 99.2 Å². The predicted octanol–water partition coefficient (Wildman–Crippen LogP) is 4.90. The molecule has 0 spiro atoms. The van der Waals surface area contributed by atoms with Crippen molar-refractivity contribution in [2.24, 2.45) is 0 Å². The summed E-state index contributed by atoms with van der Waals surface area (Å²) < 4.78 is 6.97. The van der Waals surface area contributed by atoms with Crippen LogP contribution in [0.5, 0.6) is 0 Å². The number of amides is 3. The van der Waals surface area contributed by atoms with Crippen molar-refractivity contribution >= 4 is 55.6 Å². The average molecular weight is 595 g/mol. The number of aliphatic carboxylic acids is 1. The second kappa shape index (κ2) is 10.8. The standard InChI is InChI=1S/C24H25Br2N3O5/c25-17-11-15(12-18(26)14-17)13-21(22(30)31)34-24(33)28-8-6-19(7-9-28)29-10-5-16-3-1-2-4-20(16)27-23(29)32/h1-4,11-12,14,19,21H,5-10,13H2,(H,27,32)(H,30,31)/t21-/m1/s1. The molecule has 0 saturated carbocycles. The van der Waals surface area contributed by atoms with Crippen molar-refractivity contribution in [1.82, 2.24) is 9.80 Å². The first-order chi connectivity index (χ1) is 16.3. The second-order valence-corrected chi connectivity index (χ2v) is 10.3. The lowest BCUT2D eigenvalue weighted by Gasteiger charge is -2.37. The van der Waals surface area contributed by atoms with Crippen LogP contribution in [0.4, 0.5) is 15.3 Å². The Hall–Kier alpha value is -2.59. The van der Waals surface area contributed by atoms with Crippen LogP contribution in [0.1, 0.15) is 24.0 Å². The quantitative estimate of drug-likeness (QED) is 0.513. The van der Waals surface area contributed by atoms with Gasteiger partial charge in [-0.2, -0.15) is 0 Å². The number of nitrogens with one attached hydrogen (secondary N) is 1. The monoisotopic (exact) mass is 593 g/mol. The van der Waals surface area contributed by atoms with Crippen molar-refractivity contribution < 1.29 is 24.2 Å². The van der Waals surface area contributed by atoms with E-state index in [2.05, 4.69) is 37.2 Å². The van der Waals surface area contributed by atoms with E-state index < -0.39 is 18.2 Å². The van der Waals surface area contributed by atoms with Gasteiger partial charge in [-0.1, -0.05) is 50.1 Å². The minimum Gasteiger partial charge on any atom is -0.478 e. The molecule has 2 aromatic carbocycles. The van der Waals surface area contributed by atoms with Gasteiger partial charge in [0.15, 0.2) is 0 Å². The average Bonchev–Trinajstić information content (AvgIpc) is 2.96. The summed E-state index contributed by atoms with van der Waals surface area (Å²) in [4.78, 5) is 40.6. The van der Waals surface area contributed by atoms with Crippen molar-refractivity contribution in [3.63, 3.8) is 0 Å². The van der Waals surface area contributed by atoms with Gasteiger partial charge in [-0.15, -0.1) is 0 Å². The highest BCUT2D eigenvalue weighted by molar-refractivity contribution is 9.11. The van der Waals surface area contributed by atoms with Crippen LogP contribution in [0, 0.1) is 0 Å². The first-order valence-corrected chi connectivity index (χ1v) is 12.7. The summed E-state index contributed by atoms with van der Waals surface area (Å²) in [7, 11) is 0. The predicted molar refractivity (Wildman–Crippen MR) is 134 cm³/mol. The SMILES string of the molecule is O=C(O)[C@@H](Cc1cc(Br)cc(Br)c1)OC(=O)N1CCC(N2CCc3ccccc3NC2=O)CC1. The van der Waals surface area contributed by atoms with Gasteiger partial charge in [0.05, 0.1) is 0 Å². The lowest BCUT2D eigenvalue weighted by molar-refractivity contribution is -0.147. The maximum Gasteiger partial charge on any atom is 0.410 e. The van der Waals surface area contributed by atoms with E-state index in [0.29, 0.717) is 32.5 Å². The minimum atomic E-state index is -1.29. The molecule has 0 aromatic heterocycles. The van der Waals surface area contributed by atoms with Crippen LogP contribution in [0.3, 0.4) is 0 Å². The van der Waals surface area contributed by atoms with Crippen LogP contribution in [-0.4, -0.2) is 64.8 Å². The molecule has 0 bridgehead atoms. The molecule has 10 heteroatoms. The Morgan fingerprint density at radius 3 is 2.44 bits per heavy atom. The van der Waals surface area contributed by atoms with Crippen molar-refractivity contribution in [2.75, 3.05) is 25.0 Å². The molecule has 8 nitrogen and oxygen atoms in total. The normalized spacial score (nSPS) is 17.4. The largest absolute Gasteiger partial charge is 0.478 e. The third kappa shape index (κ3) is 5.90. The van der Waals surface area contributed by atoms with E-state index in [1.54, 1.807) is 12.1 Å². The summed E-state index contributed by atoms with van der Waals surface area (Å²) >= 11 is 6.77. The van der Waals surface area contributed by atoms with Gasteiger partial charge in [-0.05, 0) is 54.7 Å². The smallest absolute Gasteiger partial charge is 0.410 e. The van der Waals surface area contributed by atoms with Crippen LogP contribution in [0.25, 0.3) is 0 Å². The maximum atomic E-state index is 12.8. The third-order valence-electron chi connectivity index (χ3n) is 6.17. The summed E-state index contributed by atoms with van der Waals surface area (Å²) in [5.41, 5.74) is 2.68. The van der Waals surface area contributed by atoms with Gasteiger partial charge in [0.25, 0.3) is 0 Å². The Balaban J connectivity index is 1.33. The first-order valence-electron chi connectivity index (χ1n) is 11.1. The van der Waals surface area contributed by atoms with Crippen molar-refractivity contribution in [2.45, 2.75) is 37.8 Å². The number of anilines is 1. The van der Waals surface area contributed by atoms with Gasteiger partial charge < -0.3 is 25.0 Å². The summed E-state index contributed by atoms with van der Waals surface area (Å²) in [5, 5.41) is 12.6. The van der Waals surface area contributed by atoms with E-state index in [4.69, 9.17) is 4.74 Å². The molecule has 1 fully saturated rings. The number of carbonyl (C=O) groups excluding carboxylic acids is 2. The number of carboxylic acids is 1. The van der Waals surface area contributed by atoms with Crippen molar-refractivity contribution in [1.29, 1.82) is 0 Å². The van der Waals surface area contributed by atoms with Gasteiger partial charge >= 0.3 is 18.1 Å². The van der Waals surface area contributed by atoms with Gasteiger partial charge in [0.1, 0.15) is 0 Å². The number of nitrogens with zero attached hydrogens (tertiary/aromatic N) is 2. The van der Waals surface area contributed by atoms with Crippen molar-refractivity contribution in [3.05, 3.63) is 62.5 Å². The fraction of sp³-hybridized carbons (Fsp3) is 0.375. The van der Waals surface area contributed by atoms with Crippen molar-refractivity contribution in [3.8, 4) is 0 Å². The molecule has 2 aliphatic heterocycles. The number of carboxylic acid groups (broad SMARTS) is 1. The van der Waals surface area contributed by atoms with Crippen LogP contribution in [0.2, 0.25) is 0 Å². The molecule has 1 saturated heterocycles. The second-order valence-electron chi connectivity index (χ2n) is 8.44. The first kappa shape index (κ1) is 24.5. The van der Waals surface area contributed by atoms with E-state index in [9.17, 15) is 19.5 Å². The van der Waals surface area contributed by atoms with Gasteiger partial charge in [0, 0.05) is 46.7 Å². The van der Waals surface area contributed by atoms with E-state index in [1.165, 1.54) is 4.90 Å². The minimum absolute atomic E-state index is 0.00709. The van der Waals surface area contributed by atoms with E-state index >= 15 is 0 Å². The fourth-order valence-corrected chi connectivity index (χ4v) is 5.81. The lowest BCUT2D eigenvalue weighted by atomic mass is 10.0. The van der Waals surface area contributed by atoms with Crippen LogP contribution >= 0.6 is 31.9 Å². The highest BCUT2D eigenvalue weighted by atomic mass is 79.9. The van der Waals surface area contributed by atoms with Gasteiger partial charge in [0.2, 0.25) is 6.10 Å². The number of rotatable bonds is 5. The Morgan fingerprint density at radius 1 is 1.09 bits per heavy atom. The summed E-state index contributed by atoms with van der Waals surface area (Å²) in [6.45, 7) is 1.41. The molecule has 2 N–H and O–H groups in total. The number of likely N-dealkylation sites (tertiary alicyclic amines) is 1. The van der Waals surface area contributed by atoms with Crippen LogP contribution < -0.4 is 5.32 Å². The number of fused-ring (bicyclic) bond motifs is 1. The molecular weight excluding hydrogens is 570 g/mol. The number of halogens is 2. The number of ether oxygens (including phenoxy) is 1. The number of hydrogen-bond donors (Lipinski definition) is 2. The Morgan fingerprint density at radius 2 is 1.76 bits per heavy atom. The Kier molecular flexibility index (Phi) is 7.77. The third-order valence-corrected chi connectivity index (χ3v) is 7.08. The molecule has 0 radical (unpaired) electrons. The number of piperidine rings is 1. The number of urea groups is 1. The summed E-state index contributed by atoms with van der Waals surface area (Å²) in [6.07, 6.45) is 0.103. The number of carbonyl (C=O) groups is 3. The molecule has 2 aliphatic rings. The summed E-state index contributed by atoms with van der Waals surface area (Å²) in [6, 6.07) is 13.1. The highest BCUT2D eigenvalue weighted by Gasteiger charge is 2.33. The number of para-hydroxylation sites is 1. The lowest BCUT2D eigenvalue weighted by Crippen LogP contribution is -2.50. The molecule has 2 heterocycles. The molecule has 2 aromatic rings. The zero-order valence-corrected chi connectivity index (χ0v) is 21.5. The number of benzene rings is 2. The molecule has 0 unspecified atom stereocenters. The summed E-state index contributed by atoms with van der Waals surface area (Å²) in [5.74, 6) is -1.19. The molecule has 180 valence electrons. The molecule has 0 aliphatic carbocycles. The molecular formula is C24H25Br2N3O5. The molecule has 4 rings (SSSR count). The van der Waals surface area contributed by atoms with E-state index in [1.807, 2.05) is 35.2 Å². The van der Waals surface area contributed by atoms with E-state index in [0.717, 1.165) is 32.2 Å². The van der Waals surface area contributed by atoms with Crippen LogP contribution in [0.15, 0.2) is 51.4 Å².